The third kappa shape index (κ3) is 3.67. The predicted molar refractivity (Wildman–Crippen MR) is 107 cm³/mol. The lowest BCUT2D eigenvalue weighted by Gasteiger charge is -2.41. The molecule has 0 aliphatic carbocycles. The van der Waals surface area contributed by atoms with Gasteiger partial charge in [-0.2, -0.15) is 0 Å². The summed E-state index contributed by atoms with van der Waals surface area (Å²) in [5.74, 6) is -0.717. The Hall–Kier alpha value is -3.74. The Labute approximate surface area is 167 Å². The number of carboxylic acids is 1. The van der Waals surface area contributed by atoms with E-state index in [4.69, 9.17) is 14.6 Å². The van der Waals surface area contributed by atoms with Gasteiger partial charge in [0.2, 0.25) is 0 Å². The molecule has 1 saturated heterocycles. The Morgan fingerprint density at radius 3 is 2.31 bits per heavy atom. The number of methoxy groups -OCH3 is 1. The molecule has 29 heavy (non-hydrogen) atoms. The largest absolute Gasteiger partial charge is 0.487 e. The fourth-order valence-corrected chi connectivity index (χ4v) is 3.39. The number of aromatic nitrogens is 1. The summed E-state index contributed by atoms with van der Waals surface area (Å²) in [4.78, 5) is 25.4. The van der Waals surface area contributed by atoms with E-state index in [2.05, 4.69) is 4.90 Å². The number of anilines is 1. The summed E-state index contributed by atoms with van der Waals surface area (Å²) in [5, 5.41) is 8.98. The number of aromatic carboxylic acids is 1. The lowest BCUT2D eigenvalue weighted by molar-refractivity contribution is 0.0600. The fourth-order valence-electron chi connectivity index (χ4n) is 3.39. The second-order valence-electron chi connectivity index (χ2n) is 6.73. The van der Waals surface area contributed by atoms with Crippen LogP contribution in [-0.4, -0.2) is 47.9 Å². The van der Waals surface area contributed by atoms with Gasteiger partial charge in [-0.1, -0.05) is 6.07 Å². The van der Waals surface area contributed by atoms with Crippen molar-refractivity contribution in [1.29, 1.82) is 0 Å². The molecular weight excluding hydrogens is 372 g/mol. The van der Waals surface area contributed by atoms with Crippen molar-refractivity contribution in [2.24, 2.45) is 0 Å². The van der Waals surface area contributed by atoms with Crippen LogP contribution in [0.15, 0.2) is 67.0 Å². The molecule has 1 aliphatic rings. The number of carbonyl (C=O) groups is 2. The molecule has 1 fully saturated rings. The van der Waals surface area contributed by atoms with E-state index in [0.717, 1.165) is 11.4 Å². The molecule has 0 unspecified atom stereocenters. The molecule has 2 heterocycles. The highest BCUT2D eigenvalue weighted by Crippen LogP contribution is 2.33. The van der Waals surface area contributed by atoms with Gasteiger partial charge in [0, 0.05) is 12.4 Å². The summed E-state index contributed by atoms with van der Waals surface area (Å²) in [6.45, 7) is 1.30. The van der Waals surface area contributed by atoms with Crippen LogP contribution in [0.5, 0.6) is 5.75 Å². The van der Waals surface area contributed by atoms with Crippen LogP contribution >= 0.6 is 0 Å². The van der Waals surface area contributed by atoms with Crippen LogP contribution < -0.4 is 9.64 Å². The number of hydrogen-bond acceptors (Lipinski definition) is 5. The molecular formula is C22H20N2O5. The number of rotatable bonds is 6. The standard InChI is InChI=1S/C22H20N2O5/c1-28-22(27)18-5-4-6-19(20(18)23-11-2-3-12-23)24-13-17(14-24)29-16-9-7-15(8-10-16)21(25)26/h2-12,17H,13-14H2,1H3,(H,25,26). The number of benzene rings is 2. The van der Waals surface area contributed by atoms with Crippen LogP contribution in [0.25, 0.3) is 5.69 Å². The zero-order chi connectivity index (χ0) is 20.4. The monoisotopic (exact) mass is 392 g/mol. The molecule has 0 atom stereocenters. The molecule has 148 valence electrons. The Balaban J connectivity index is 1.52. The van der Waals surface area contributed by atoms with E-state index >= 15 is 0 Å². The van der Waals surface area contributed by atoms with Crippen molar-refractivity contribution in [3.05, 3.63) is 78.1 Å². The van der Waals surface area contributed by atoms with Gasteiger partial charge in [0.1, 0.15) is 11.9 Å². The highest BCUT2D eigenvalue weighted by atomic mass is 16.5. The Morgan fingerprint density at radius 2 is 1.69 bits per heavy atom. The minimum absolute atomic E-state index is 0.0232. The number of nitrogens with zero attached hydrogens (tertiary/aromatic N) is 2. The van der Waals surface area contributed by atoms with Crippen LogP contribution in [0.1, 0.15) is 20.7 Å². The van der Waals surface area contributed by atoms with Crippen LogP contribution in [0, 0.1) is 0 Å². The van der Waals surface area contributed by atoms with Crippen molar-refractivity contribution in [2.75, 3.05) is 25.1 Å². The first kappa shape index (κ1) is 18.6. The zero-order valence-electron chi connectivity index (χ0n) is 15.8. The summed E-state index contributed by atoms with van der Waals surface area (Å²) < 4.78 is 12.8. The first-order chi connectivity index (χ1) is 14.1. The van der Waals surface area contributed by atoms with Gasteiger partial charge in [-0.15, -0.1) is 0 Å². The Morgan fingerprint density at radius 1 is 1.00 bits per heavy atom. The van der Waals surface area contributed by atoms with Gasteiger partial charge in [0.05, 0.1) is 42.7 Å². The molecule has 0 bridgehead atoms. The van der Waals surface area contributed by atoms with Crippen LogP contribution in [0.2, 0.25) is 0 Å². The first-order valence-corrected chi connectivity index (χ1v) is 9.16. The van der Waals surface area contributed by atoms with Gasteiger partial charge in [0.25, 0.3) is 0 Å². The molecule has 7 heteroatoms. The quantitative estimate of drug-likeness (QED) is 0.649. The van der Waals surface area contributed by atoms with Gasteiger partial charge in [-0.05, 0) is 48.5 Å². The molecule has 4 rings (SSSR count). The molecule has 1 aromatic heterocycles. The molecule has 0 saturated carbocycles. The van der Waals surface area contributed by atoms with E-state index < -0.39 is 5.97 Å². The molecule has 1 aliphatic heterocycles. The average Bonchev–Trinajstić information content (AvgIpc) is 3.24. The summed E-state index contributed by atoms with van der Waals surface area (Å²) in [7, 11) is 1.37. The maximum Gasteiger partial charge on any atom is 0.340 e. The van der Waals surface area contributed by atoms with Crippen molar-refractivity contribution < 1.29 is 24.2 Å². The number of esters is 1. The second kappa shape index (κ2) is 7.71. The van der Waals surface area contributed by atoms with Gasteiger partial charge >= 0.3 is 11.9 Å². The third-order valence-electron chi connectivity index (χ3n) is 4.88. The van der Waals surface area contributed by atoms with Crippen molar-refractivity contribution in [3.63, 3.8) is 0 Å². The number of carbonyl (C=O) groups excluding carboxylic acids is 1. The molecule has 0 radical (unpaired) electrons. The van der Waals surface area contributed by atoms with Crippen LogP contribution in [0.4, 0.5) is 5.69 Å². The van der Waals surface area contributed by atoms with Gasteiger partial charge < -0.3 is 24.0 Å². The lowest BCUT2D eigenvalue weighted by Crippen LogP contribution is -2.54. The van der Waals surface area contributed by atoms with Crippen molar-refractivity contribution in [3.8, 4) is 11.4 Å². The smallest absolute Gasteiger partial charge is 0.340 e. The van der Waals surface area contributed by atoms with Gasteiger partial charge in [-0.25, -0.2) is 9.59 Å². The zero-order valence-corrected chi connectivity index (χ0v) is 15.8. The van der Waals surface area contributed by atoms with Crippen LogP contribution in [0.3, 0.4) is 0 Å². The lowest BCUT2D eigenvalue weighted by atomic mass is 10.1. The minimum atomic E-state index is -0.964. The number of carboxylic acid groups (broad SMARTS) is 1. The summed E-state index contributed by atoms with van der Waals surface area (Å²) in [5.41, 5.74) is 2.41. The summed E-state index contributed by atoms with van der Waals surface area (Å²) in [6, 6.07) is 15.7. The normalized spacial score (nSPS) is 13.6. The maximum absolute atomic E-state index is 12.3. The fraction of sp³-hybridized carbons (Fsp3) is 0.182. The number of hydrogen-bond donors (Lipinski definition) is 1. The van der Waals surface area contributed by atoms with Crippen molar-refractivity contribution >= 4 is 17.6 Å². The van der Waals surface area contributed by atoms with E-state index in [1.807, 2.05) is 41.2 Å². The van der Waals surface area contributed by atoms with E-state index in [1.54, 1.807) is 18.2 Å². The van der Waals surface area contributed by atoms with Gasteiger partial charge in [0.15, 0.2) is 0 Å². The molecule has 0 spiro atoms. The topological polar surface area (TPSA) is 81.0 Å². The minimum Gasteiger partial charge on any atom is -0.487 e. The second-order valence-corrected chi connectivity index (χ2v) is 6.73. The number of ether oxygens (including phenoxy) is 2. The molecule has 0 amide bonds. The third-order valence-corrected chi connectivity index (χ3v) is 4.88. The summed E-state index contributed by atoms with van der Waals surface area (Å²) in [6.07, 6.45) is 3.76. The van der Waals surface area contributed by atoms with Crippen LogP contribution in [-0.2, 0) is 4.74 Å². The molecule has 7 nitrogen and oxygen atoms in total. The first-order valence-electron chi connectivity index (χ1n) is 9.16. The Bertz CT molecular complexity index is 1020. The molecule has 3 aromatic rings. The maximum atomic E-state index is 12.3. The van der Waals surface area contributed by atoms with E-state index in [9.17, 15) is 9.59 Å². The van der Waals surface area contributed by atoms with Gasteiger partial charge in [-0.3, -0.25) is 0 Å². The highest BCUT2D eigenvalue weighted by Gasteiger charge is 2.32. The molecule has 1 N–H and O–H groups in total. The number of para-hydroxylation sites is 1. The van der Waals surface area contributed by atoms with E-state index in [0.29, 0.717) is 24.4 Å². The SMILES string of the molecule is COC(=O)c1cccc(N2CC(Oc3ccc(C(=O)O)cc3)C2)c1-n1cccc1. The van der Waals surface area contributed by atoms with Crippen molar-refractivity contribution in [1.82, 2.24) is 4.57 Å². The average molecular weight is 392 g/mol. The summed E-state index contributed by atoms with van der Waals surface area (Å²) >= 11 is 0. The van der Waals surface area contributed by atoms with E-state index in [-0.39, 0.29) is 17.6 Å². The van der Waals surface area contributed by atoms with Crippen molar-refractivity contribution in [2.45, 2.75) is 6.10 Å². The Kier molecular flexibility index (Phi) is 4.95. The highest BCUT2D eigenvalue weighted by molar-refractivity contribution is 5.96. The molecule has 2 aromatic carbocycles. The predicted octanol–water partition coefficient (Wildman–Crippen LogP) is 3.23. The van der Waals surface area contributed by atoms with E-state index in [1.165, 1.54) is 19.2 Å².